The van der Waals surface area contributed by atoms with E-state index < -0.39 is 10.0 Å². The highest BCUT2D eigenvalue weighted by molar-refractivity contribution is 9.09. The van der Waals surface area contributed by atoms with Crippen molar-refractivity contribution in [1.82, 2.24) is 14.9 Å². The Kier molecular flexibility index (Phi) is 5.15. The molecule has 0 aromatic carbocycles. The number of hydrogen-bond acceptors (Lipinski definition) is 3. The summed E-state index contributed by atoms with van der Waals surface area (Å²) in [5.74, 6) is 0. The van der Waals surface area contributed by atoms with Crippen LogP contribution in [0.1, 0.15) is 26.7 Å². The molecule has 0 amide bonds. The zero-order chi connectivity index (χ0) is 12.9. The molecule has 0 saturated carbocycles. The van der Waals surface area contributed by atoms with Crippen molar-refractivity contribution in [2.24, 2.45) is 5.41 Å². The van der Waals surface area contributed by atoms with Crippen LogP contribution in [0.5, 0.6) is 0 Å². The lowest BCUT2D eigenvalue weighted by Gasteiger charge is -2.29. The Hall–Kier alpha value is -0.400. The Balaban J connectivity index is 2.73. The minimum absolute atomic E-state index is 0.0309. The van der Waals surface area contributed by atoms with Gasteiger partial charge in [-0.2, -0.15) is 5.10 Å². The summed E-state index contributed by atoms with van der Waals surface area (Å²) >= 11 is 3.46. The molecular weight excluding hydrogens is 306 g/mol. The monoisotopic (exact) mass is 323 g/mol. The van der Waals surface area contributed by atoms with Gasteiger partial charge in [-0.3, -0.25) is 5.10 Å². The molecule has 0 aliphatic carbocycles. The third-order valence-electron chi connectivity index (χ3n) is 3.20. The van der Waals surface area contributed by atoms with Gasteiger partial charge in [0.2, 0.25) is 10.0 Å². The second kappa shape index (κ2) is 5.97. The molecule has 17 heavy (non-hydrogen) atoms. The van der Waals surface area contributed by atoms with Crippen molar-refractivity contribution in [3.8, 4) is 0 Å². The second-order valence-corrected chi connectivity index (χ2v) is 6.43. The molecule has 2 N–H and O–H groups in total. The quantitative estimate of drug-likeness (QED) is 0.752. The van der Waals surface area contributed by atoms with Crippen molar-refractivity contribution in [2.45, 2.75) is 31.6 Å². The number of rotatable bonds is 7. The number of nitrogens with zero attached hydrogens (tertiary/aromatic N) is 1. The first kappa shape index (κ1) is 14.7. The summed E-state index contributed by atoms with van der Waals surface area (Å²) < 4.78 is 26.4. The molecule has 1 aromatic rings. The molecule has 1 rings (SSSR count). The van der Waals surface area contributed by atoms with E-state index in [0.29, 0.717) is 6.54 Å². The van der Waals surface area contributed by atoms with Crippen molar-refractivity contribution >= 4 is 26.0 Å². The molecule has 0 aliphatic heterocycles. The lowest BCUT2D eigenvalue weighted by Crippen LogP contribution is -2.38. The smallest absolute Gasteiger partial charge is 0.243 e. The van der Waals surface area contributed by atoms with Crippen molar-refractivity contribution in [1.29, 1.82) is 0 Å². The van der Waals surface area contributed by atoms with Crippen LogP contribution in [0.2, 0.25) is 0 Å². The molecule has 0 aliphatic rings. The van der Waals surface area contributed by atoms with E-state index in [0.717, 1.165) is 18.2 Å². The number of sulfonamides is 1. The number of aromatic amines is 1. The number of aromatic nitrogens is 2. The molecule has 1 aromatic heterocycles. The second-order valence-electron chi connectivity index (χ2n) is 4.10. The minimum Gasteiger partial charge on any atom is -0.284 e. The van der Waals surface area contributed by atoms with E-state index in [9.17, 15) is 8.42 Å². The van der Waals surface area contributed by atoms with Crippen LogP contribution in [0.4, 0.5) is 0 Å². The van der Waals surface area contributed by atoms with Gasteiger partial charge in [-0.25, -0.2) is 13.1 Å². The molecule has 5 nitrogen and oxygen atoms in total. The number of hydrogen-bond donors (Lipinski definition) is 2. The number of halogens is 1. The minimum atomic E-state index is -3.44. The van der Waals surface area contributed by atoms with Gasteiger partial charge in [0.1, 0.15) is 4.90 Å². The summed E-state index contributed by atoms with van der Waals surface area (Å²) in [6.45, 7) is 4.56. The van der Waals surface area contributed by atoms with Crippen molar-refractivity contribution in [3.63, 3.8) is 0 Å². The zero-order valence-electron chi connectivity index (χ0n) is 10.0. The van der Waals surface area contributed by atoms with E-state index in [4.69, 9.17) is 0 Å². The zero-order valence-corrected chi connectivity index (χ0v) is 12.4. The molecule has 98 valence electrons. The van der Waals surface area contributed by atoms with Crippen LogP contribution in [0.25, 0.3) is 0 Å². The van der Waals surface area contributed by atoms with Crippen molar-refractivity contribution in [3.05, 3.63) is 12.4 Å². The number of alkyl halides is 1. The maximum atomic E-state index is 11.9. The average molecular weight is 324 g/mol. The van der Waals surface area contributed by atoms with Crippen LogP contribution in [0.3, 0.4) is 0 Å². The molecule has 0 bridgehead atoms. The Morgan fingerprint density at radius 1 is 1.47 bits per heavy atom. The summed E-state index contributed by atoms with van der Waals surface area (Å²) in [7, 11) is -3.44. The fraction of sp³-hybridized carbons (Fsp3) is 0.700. The van der Waals surface area contributed by atoms with Gasteiger partial charge in [-0.05, 0) is 18.3 Å². The first-order valence-corrected chi connectivity index (χ1v) is 8.14. The third kappa shape index (κ3) is 3.53. The Morgan fingerprint density at radius 2 is 2.12 bits per heavy atom. The van der Waals surface area contributed by atoms with Crippen LogP contribution in [-0.2, 0) is 10.0 Å². The Bertz CT molecular complexity index is 418. The molecular formula is C10H18BrN3O2S. The van der Waals surface area contributed by atoms with Gasteiger partial charge < -0.3 is 0 Å². The van der Waals surface area contributed by atoms with E-state index >= 15 is 0 Å². The fourth-order valence-corrected chi connectivity index (χ4v) is 3.51. The topological polar surface area (TPSA) is 74.8 Å². The van der Waals surface area contributed by atoms with Gasteiger partial charge in [0, 0.05) is 18.1 Å². The van der Waals surface area contributed by atoms with Gasteiger partial charge in [-0.1, -0.05) is 29.8 Å². The first-order valence-electron chi connectivity index (χ1n) is 5.54. The fourth-order valence-electron chi connectivity index (χ4n) is 1.45. The lowest BCUT2D eigenvalue weighted by atomic mass is 9.85. The van der Waals surface area contributed by atoms with Crippen molar-refractivity contribution in [2.75, 3.05) is 11.9 Å². The molecule has 1 heterocycles. The van der Waals surface area contributed by atoms with Gasteiger partial charge in [0.05, 0.1) is 6.20 Å². The highest BCUT2D eigenvalue weighted by Gasteiger charge is 2.27. The average Bonchev–Trinajstić information content (AvgIpc) is 2.86. The molecule has 0 saturated heterocycles. The molecule has 0 spiro atoms. The predicted octanol–water partition coefficient (Wildman–Crippen LogP) is 1.89. The summed E-state index contributed by atoms with van der Waals surface area (Å²) in [6, 6.07) is 0. The van der Waals surface area contributed by atoms with Gasteiger partial charge in [0.15, 0.2) is 0 Å². The molecule has 0 radical (unpaired) electrons. The van der Waals surface area contributed by atoms with E-state index in [2.05, 4.69) is 44.7 Å². The van der Waals surface area contributed by atoms with Crippen LogP contribution < -0.4 is 4.72 Å². The van der Waals surface area contributed by atoms with Crippen LogP contribution in [0.15, 0.2) is 17.3 Å². The number of H-pyrrole nitrogens is 1. The first-order chi connectivity index (χ1) is 7.99. The molecule has 0 atom stereocenters. The summed E-state index contributed by atoms with van der Waals surface area (Å²) in [5.41, 5.74) is -0.0309. The lowest BCUT2D eigenvalue weighted by molar-refractivity contribution is 0.309. The van der Waals surface area contributed by atoms with Crippen LogP contribution >= 0.6 is 15.9 Å². The predicted molar refractivity (Wildman–Crippen MR) is 70.6 cm³/mol. The number of nitrogens with one attached hydrogen (secondary N) is 2. The summed E-state index contributed by atoms with van der Waals surface area (Å²) in [5, 5.41) is 6.92. The van der Waals surface area contributed by atoms with E-state index in [-0.39, 0.29) is 10.3 Å². The van der Waals surface area contributed by atoms with E-state index in [1.54, 1.807) is 0 Å². The highest BCUT2D eigenvalue weighted by Crippen LogP contribution is 2.28. The third-order valence-corrected chi connectivity index (χ3v) is 5.76. The Labute approximate surface area is 111 Å². The molecule has 0 unspecified atom stereocenters. The van der Waals surface area contributed by atoms with Crippen LogP contribution in [0, 0.1) is 5.41 Å². The van der Waals surface area contributed by atoms with E-state index in [1.807, 2.05) is 0 Å². The van der Waals surface area contributed by atoms with Crippen LogP contribution in [-0.4, -0.2) is 30.5 Å². The summed E-state index contributed by atoms with van der Waals surface area (Å²) in [4.78, 5) is 0.174. The SMILES string of the molecule is CCC(CC)(CBr)CNS(=O)(=O)c1cn[nH]c1. The highest BCUT2D eigenvalue weighted by atomic mass is 79.9. The van der Waals surface area contributed by atoms with Gasteiger partial charge in [-0.15, -0.1) is 0 Å². The van der Waals surface area contributed by atoms with Gasteiger partial charge >= 0.3 is 0 Å². The maximum absolute atomic E-state index is 11.9. The standard InChI is InChI=1S/C10H18BrN3O2S/c1-3-10(4-2,7-11)8-14-17(15,16)9-5-12-13-6-9/h5-6,14H,3-4,7-8H2,1-2H3,(H,12,13). The molecule has 0 fully saturated rings. The molecule has 7 heteroatoms. The Morgan fingerprint density at radius 3 is 2.53 bits per heavy atom. The maximum Gasteiger partial charge on any atom is 0.243 e. The van der Waals surface area contributed by atoms with Gasteiger partial charge in [0.25, 0.3) is 0 Å². The normalized spacial score (nSPS) is 12.9. The summed E-state index contributed by atoms with van der Waals surface area (Å²) in [6.07, 6.45) is 4.51. The largest absolute Gasteiger partial charge is 0.284 e. The van der Waals surface area contributed by atoms with E-state index in [1.165, 1.54) is 12.4 Å². The van der Waals surface area contributed by atoms with Crippen molar-refractivity contribution < 1.29 is 8.42 Å².